The number of nitrogens with one attached hydrogen (secondary N) is 1. The van der Waals surface area contributed by atoms with E-state index in [-0.39, 0.29) is 36.6 Å². The first-order chi connectivity index (χ1) is 9.37. The first-order valence-corrected chi connectivity index (χ1v) is 7.84. The van der Waals surface area contributed by atoms with E-state index in [1.165, 1.54) is 12.1 Å². The van der Waals surface area contributed by atoms with Gasteiger partial charge >= 0.3 is 0 Å². The molecule has 8 heteroatoms. The zero-order valence-corrected chi connectivity index (χ0v) is 12.2. The molecular weight excluding hydrogens is 284 g/mol. The average molecular weight is 302 g/mol. The molecule has 112 valence electrons. The SMILES string of the molecule is CC(C)OCCS(=O)(=O)Nc1cc2c(cc1N)OCO2. The van der Waals surface area contributed by atoms with Crippen LogP contribution < -0.4 is 19.9 Å². The van der Waals surface area contributed by atoms with Crippen LogP contribution in [0.15, 0.2) is 12.1 Å². The van der Waals surface area contributed by atoms with E-state index in [1.54, 1.807) is 0 Å². The van der Waals surface area contributed by atoms with Crippen molar-refractivity contribution in [3.8, 4) is 11.5 Å². The number of anilines is 2. The third-order valence-electron chi connectivity index (χ3n) is 2.61. The van der Waals surface area contributed by atoms with E-state index in [0.717, 1.165) is 0 Å². The number of nitrogens with two attached hydrogens (primary N) is 1. The topological polar surface area (TPSA) is 99.9 Å². The Bertz CT molecular complexity index is 586. The third kappa shape index (κ3) is 3.67. The molecule has 3 N–H and O–H groups in total. The van der Waals surface area contributed by atoms with Gasteiger partial charge in [-0.1, -0.05) is 0 Å². The number of sulfonamides is 1. The average Bonchev–Trinajstić information content (AvgIpc) is 2.75. The van der Waals surface area contributed by atoms with E-state index in [2.05, 4.69) is 4.72 Å². The van der Waals surface area contributed by atoms with Gasteiger partial charge in [0.1, 0.15) is 0 Å². The minimum atomic E-state index is -3.52. The quantitative estimate of drug-likeness (QED) is 0.765. The van der Waals surface area contributed by atoms with Gasteiger partial charge in [-0.3, -0.25) is 4.72 Å². The highest BCUT2D eigenvalue weighted by atomic mass is 32.2. The van der Waals surface area contributed by atoms with Crippen molar-refractivity contribution in [1.82, 2.24) is 0 Å². The van der Waals surface area contributed by atoms with Gasteiger partial charge in [0.15, 0.2) is 11.5 Å². The second kappa shape index (κ2) is 5.76. The number of ether oxygens (including phenoxy) is 3. The van der Waals surface area contributed by atoms with Gasteiger partial charge in [0.25, 0.3) is 0 Å². The maximum absolute atomic E-state index is 11.9. The van der Waals surface area contributed by atoms with E-state index in [0.29, 0.717) is 11.5 Å². The van der Waals surface area contributed by atoms with Gasteiger partial charge in [-0.2, -0.15) is 0 Å². The standard InChI is InChI=1S/C12H18N2O5S/c1-8(2)17-3-4-20(15,16)14-10-6-12-11(5-9(10)13)18-7-19-12/h5-6,8,14H,3-4,7,13H2,1-2H3. The Balaban J connectivity index is 2.05. The van der Waals surface area contributed by atoms with E-state index in [9.17, 15) is 8.42 Å². The first kappa shape index (κ1) is 14.7. The van der Waals surface area contributed by atoms with E-state index >= 15 is 0 Å². The number of hydrogen-bond donors (Lipinski definition) is 2. The molecule has 0 spiro atoms. The molecule has 0 bridgehead atoms. The largest absolute Gasteiger partial charge is 0.454 e. The van der Waals surface area contributed by atoms with E-state index in [4.69, 9.17) is 19.9 Å². The molecule has 0 saturated heterocycles. The van der Waals surface area contributed by atoms with E-state index in [1.807, 2.05) is 13.8 Å². The number of nitrogen functional groups attached to an aromatic ring is 1. The molecule has 0 amide bonds. The number of fused-ring (bicyclic) bond motifs is 1. The number of rotatable bonds is 6. The molecule has 1 aliphatic heterocycles. The summed E-state index contributed by atoms with van der Waals surface area (Å²) in [7, 11) is -3.52. The number of benzene rings is 1. The smallest absolute Gasteiger partial charge is 0.235 e. The summed E-state index contributed by atoms with van der Waals surface area (Å²) in [6, 6.07) is 3.04. The maximum Gasteiger partial charge on any atom is 0.235 e. The van der Waals surface area contributed by atoms with Crippen molar-refractivity contribution in [3.63, 3.8) is 0 Å². The van der Waals surface area contributed by atoms with Crippen LogP contribution in [0, 0.1) is 0 Å². The summed E-state index contributed by atoms with van der Waals surface area (Å²) < 4.78 is 41.8. The predicted molar refractivity (Wildman–Crippen MR) is 75.5 cm³/mol. The molecule has 0 aromatic heterocycles. The van der Waals surface area contributed by atoms with Crippen molar-refractivity contribution in [1.29, 1.82) is 0 Å². The molecule has 0 saturated carbocycles. The minimum absolute atomic E-state index is 0.0131. The summed E-state index contributed by atoms with van der Waals surface area (Å²) >= 11 is 0. The van der Waals surface area contributed by atoms with Crippen LogP contribution in [0.2, 0.25) is 0 Å². The normalized spacial score (nSPS) is 13.8. The lowest BCUT2D eigenvalue weighted by Gasteiger charge is -2.12. The highest BCUT2D eigenvalue weighted by molar-refractivity contribution is 7.92. The van der Waals surface area contributed by atoms with Gasteiger partial charge in [-0.15, -0.1) is 0 Å². The van der Waals surface area contributed by atoms with Gasteiger partial charge in [-0.05, 0) is 13.8 Å². The van der Waals surface area contributed by atoms with Crippen molar-refractivity contribution in [3.05, 3.63) is 12.1 Å². The molecule has 20 heavy (non-hydrogen) atoms. The summed E-state index contributed by atoms with van der Waals surface area (Å²) in [6.45, 7) is 3.91. The molecule has 0 radical (unpaired) electrons. The van der Waals surface area contributed by atoms with Gasteiger partial charge in [0.2, 0.25) is 16.8 Å². The van der Waals surface area contributed by atoms with Crippen LogP contribution in [0.3, 0.4) is 0 Å². The Morgan fingerprint density at radius 2 is 2.00 bits per heavy atom. The molecule has 0 atom stereocenters. The van der Waals surface area contributed by atoms with Crippen LogP contribution in [0.5, 0.6) is 11.5 Å². The van der Waals surface area contributed by atoms with Crippen molar-refractivity contribution in [2.75, 3.05) is 29.6 Å². The van der Waals surface area contributed by atoms with Crippen molar-refractivity contribution in [2.45, 2.75) is 20.0 Å². The summed E-state index contributed by atoms with van der Waals surface area (Å²) in [6.07, 6.45) is -0.0131. The Labute approximate surface area is 118 Å². The fraction of sp³-hybridized carbons (Fsp3) is 0.500. The molecule has 1 aromatic rings. The van der Waals surface area contributed by atoms with Crippen LogP contribution in [0.25, 0.3) is 0 Å². The molecule has 0 fully saturated rings. The molecule has 2 rings (SSSR count). The van der Waals surface area contributed by atoms with Gasteiger partial charge in [0.05, 0.1) is 29.8 Å². The molecule has 1 heterocycles. The van der Waals surface area contributed by atoms with Crippen molar-refractivity contribution in [2.24, 2.45) is 0 Å². The summed E-state index contributed by atoms with van der Waals surface area (Å²) in [5.41, 5.74) is 6.34. The second-order valence-corrected chi connectivity index (χ2v) is 6.48. The Morgan fingerprint density at radius 3 is 2.65 bits per heavy atom. The lowest BCUT2D eigenvalue weighted by atomic mass is 10.2. The Hall–Kier alpha value is -1.67. The van der Waals surface area contributed by atoms with Gasteiger partial charge in [0, 0.05) is 12.1 Å². The molecule has 7 nitrogen and oxygen atoms in total. The summed E-state index contributed by atoms with van der Waals surface area (Å²) in [5, 5.41) is 0. The van der Waals surface area contributed by atoms with Crippen LogP contribution in [0.1, 0.15) is 13.8 Å². The Morgan fingerprint density at radius 1 is 1.35 bits per heavy atom. The van der Waals surface area contributed by atoms with Gasteiger partial charge < -0.3 is 19.9 Å². The lowest BCUT2D eigenvalue weighted by molar-refractivity contribution is 0.0913. The second-order valence-electron chi connectivity index (χ2n) is 4.63. The molecule has 1 aromatic carbocycles. The lowest BCUT2D eigenvalue weighted by Crippen LogP contribution is -2.22. The fourth-order valence-corrected chi connectivity index (χ4v) is 2.59. The first-order valence-electron chi connectivity index (χ1n) is 6.18. The van der Waals surface area contributed by atoms with Crippen LogP contribution in [0.4, 0.5) is 11.4 Å². The Kier molecular flexibility index (Phi) is 4.24. The monoisotopic (exact) mass is 302 g/mol. The zero-order valence-electron chi connectivity index (χ0n) is 11.4. The fourth-order valence-electron chi connectivity index (χ4n) is 1.66. The molecule has 0 unspecified atom stereocenters. The summed E-state index contributed by atoms with van der Waals surface area (Å²) in [4.78, 5) is 0. The van der Waals surface area contributed by atoms with Crippen molar-refractivity contribution < 1.29 is 22.6 Å². The van der Waals surface area contributed by atoms with Gasteiger partial charge in [-0.25, -0.2) is 8.42 Å². The number of hydrogen-bond acceptors (Lipinski definition) is 6. The molecule has 0 aliphatic carbocycles. The highest BCUT2D eigenvalue weighted by Crippen LogP contribution is 2.38. The predicted octanol–water partition coefficient (Wildman–Crippen LogP) is 1.16. The summed E-state index contributed by atoms with van der Waals surface area (Å²) in [5.74, 6) is 0.836. The van der Waals surface area contributed by atoms with Crippen molar-refractivity contribution >= 4 is 21.4 Å². The van der Waals surface area contributed by atoms with Crippen LogP contribution in [-0.4, -0.2) is 33.7 Å². The maximum atomic E-state index is 11.9. The third-order valence-corrected chi connectivity index (χ3v) is 3.85. The molecular formula is C12H18N2O5S. The molecule has 1 aliphatic rings. The van der Waals surface area contributed by atoms with Crippen LogP contribution in [-0.2, 0) is 14.8 Å². The van der Waals surface area contributed by atoms with Crippen LogP contribution >= 0.6 is 0 Å². The van der Waals surface area contributed by atoms with E-state index < -0.39 is 10.0 Å². The minimum Gasteiger partial charge on any atom is -0.454 e. The zero-order chi connectivity index (χ0) is 14.8. The highest BCUT2D eigenvalue weighted by Gasteiger charge is 2.19.